The standard InChI is InChI=1S/C10H12ClN5/c11-8-6-16-9(4-7-2-1-3-12-7)14-15-10(16)5-13-8/h5-7,12H,1-4H2. The number of nitrogens with one attached hydrogen (secondary N) is 1. The molecule has 1 atom stereocenters. The molecular formula is C10H12ClN5. The van der Waals surface area contributed by atoms with E-state index in [1.165, 1.54) is 12.8 Å². The minimum Gasteiger partial charge on any atom is -0.314 e. The molecule has 1 saturated heterocycles. The summed E-state index contributed by atoms with van der Waals surface area (Å²) in [4.78, 5) is 3.98. The van der Waals surface area contributed by atoms with Crippen molar-refractivity contribution in [3.8, 4) is 0 Å². The molecule has 0 radical (unpaired) electrons. The van der Waals surface area contributed by atoms with Crippen LogP contribution in [-0.2, 0) is 6.42 Å². The summed E-state index contributed by atoms with van der Waals surface area (Å²) in [6, 6.07) is 0.513. The number of hydrogen-bond acceptors (Lipinski definition) is 4. The smallest absolute Gasteiger partial charge is 0.179 e. The minimum absolute atomic E-state index is 0.466. The monoisotopic (exact) mass is 237 g/mol. The summed E-state index contributed by atoms with van der Waals surface area (Å²) >= 11 is 5.86. The van der Waals surface area contributed by atoms with Gasteiger partial charge in [-0.05, 0) is 19.4 Å². The Labute approximate surface area is 97.8 Å². The first-order valence-corrected chi connectivity index (χ1v) is 5.79. The van der Waals surface area contributed by atoms with Crippen LogP contribution >= 0.6 is 11.6 Å². The maximum absolute atomic E-state index is 5.86. The fraction of sp³-hybridized carbons (Fsp3) is 0.500. The molecule has 1 unspecified atom stereocenters. The van der Waals surface area contributed by atoms with E-state index >= 15 is 0 Å². The van der Waals surface area contributed by atoms with Crippen molar-refractivity contribution in [2.24, 2.45) is 0 Å². The molecule has 1 N–H and O–H groups in total. The largest absolute Gasteiger partial charge is 0.314 e. The van der Waals surface area contributed by atoms with Crippen molar-refractivity contribution in [3.05, 3.63) is 23.4 Å². The Balaban J connectivity index is 1.93. The van der Waals surface area contributed by atoms with Crippen LogP contribution in [0.5, 0.6) is 0 Å². The highest BCUT2D eigenvalue weighted by molar-refractivity contribution is 6.29. The van der Waals surface area contributed by atoms with Crippen molar-refractivity contribution in [3.63, 3.8) is 0 Å². The molecule has 0 aromatic carbocycles. The van der Waals surface area contributed by atoms with Gasteiger partial charge >= 0.3 is 0 Å². The molecule has 1 aliphatic heterocycles. The lowest BCUT2D eigenvalue weighted by Crippen LogP contribution is -2.24. The second-order valence-electron chi connectivity index (χ2n) is 4.05. The molecule has 5 nitrogen and oxygen atoms in total. The zero-order chi connectivity index (χ0) is 11.0. The van der Waals surface area contributed by atoms with Gasteiger partial charge in [0.05, 0.1) is 6.20 Å². The maximum Gasteiger partial charge on any atom is 0.179 e. The quantitative estimate of drug-likeness (QED) is 0.849. The first kappa shape index (κ1) is 9.99. The predicted octanol–water partition coefficient (Wildman–Crippen LogP) is 1.07. The van der Waals surface area contributed by atoms with Gasteiger partial charge in [0.2, 0.25) is 0 Å². The van der Waals surface area contributed by atoms with E-state index in [2.05, 4.69) is 20.5 Å². The molecule has 0 amide bonds. The van der Waals surface area contributed by atoms with Gasteiger partial charge in [0.25, 0.3) is 0 Å². The van der Waals surface area contributed by atoms with Crippen molar-refractivity contribution in [2.75, 3.05) is 6.54 Å². The second-order valence-corrected chi connectivity index (χ2v) is 4.44. The lowest BCUT2D eigenvalue weighted by atomic mass is 10.1. The van der Waals surface area contributed by atoms with Gasteiger partial charge in [0, 0.05) is 18.7 Å². The van der Waals surface area contributed by atoms with Crippen LogP contribution in [-0.4, -0.2) is 32.2 Å². The van der Waals surface area contributed by atoms with Gasteiger partial charge in [0.1, 0.15) is 11.0 Å². The van der Waals surface area contributed by atoms with Crippen LogP contribution in [0, 0.1) is 0 Å². The van der Waals surface area contributed by atoms with Crippen LogP contribution in [0.2, 0.25) is 5.15 Å². The normalized spacial score (nSPS) is 20.7. The van der Waals surface area contributed by atoms with Gasteiger partial charge in [-0.15, -0.1) is 10.2 Å². The molecule has 2 aromatic rings. The van der Waals surface area contributed by atoms with Gasteiger partial charge in [-0.25, -0.2) is 4.98 Å². The lowest BCUT2D eigenvalue weighted by molar-refractivity contribution is 0.582. The van der Waals surface area contributed by atoms with E-state index < -0.39 is 0 Å². The SMILES string of the molecule is Clc1cn2c(CC3CCCN3)nnc2cn1. The number of fused-ring (bicyclic) bond motifs is 1. The first-order chi connectivity index (χ1) is 7.83. The van der Waals surface area contributed by atoms with Crippen LogP contribution in [0.15, 0.2) is 12.4 Å². The molecule has 84 valence electrons. The summed E-state index contributed by atoms with van der Waals surface area (Å²) in [6.45, 7) is 1.10. The van der Waals surface area contributed by atoms with E-state index in [1.807, 2.05) is 4.40 Å². The Kier molecular flexibility index (Phi) is 2.49. The van der Waals surface area contributed by atoms with Crippen LogP contribution in [0.3, 0.4) is 0 Å². The average Bonchev–Trinajstić information content (AvgIpc) is 2.90. The van der Waals surface area contributed by atoms with Crippen LogP contribution in [0.25, 0.3) is 5.65 Å². The Morgan fingerprint density at radius 3 is 3.25 bits per heavy atom. The minimum atomic E-state index is 0.466. The third kappa shape index (κ3) is 1.76. The average molecular weight is 238 g/mol. The summed E-state index contributed by atoms with van der Waals surface area (Å²) in [5.74, 6) is 0.943. The third-order valence-electron chi connectivity index (χ3n) is 2.92. The highest BCUT2D eigenvalue weighted by atomic mass is 35.5. The Hall–Kier alpha value is -1.20. The Bertz CT molecular complexity index is 503. The third-order valence-corrected chi connectivity index (χ3v) is 3.12. The number of halogens is 1. The highest BCUT2D eigenvalue weighted by Gasteiger charge is 2.17. The Morgan fingerprint density at radius 2 is 2.44 bits per heavy atom. The van der Waals surface area contributed by atoms with E-state index in [9.17, 15) is 0 Å². The number of nitrogens with zero attached hydrogens (tertiary/aromatic N) is 4. The second kappa shape index (κ2) is 3.99. The van der Waals surface area contributed by atoms with E-state index in [0.29, 0.717) is 11.2 Å². The maximum atomic E-state index is 5.86. The van der Waals surface area contributed by atoms with Crippen molar-refractivity contribution in [2.45, 2.75) is 25.3 Å². The van der Waals surface area contributed by atoms with Gasteiger partial charge < -0.3 is 5.32 Å². The zero-order valence-electron chi connectivity index (χ0n) is 8.73. The number of rotatable bonds is 2. The molecular weight excluding hydrogens is 226 g/mol. The van der Waals surface area contributed by atoms with E-state index in [1.54, 1.807) is 12.4 Å². The molecule has 0 spiro atoms. The van der Waals surface area contributed by atoms with E-state index in [-0.39, 0.29) is 0 Å². The molecule has 3 heterocycles. The fourth-order valence-electron chi connectivity index (χ4n) is 2.12. The van der Waals surface area contributed by atoms with Crippen molar-refractivity contribution >= 4 is 17.2 Å². The van der Waals surface area contributed by atoms with Crippen molar-refractivity contribution in [1.29, 1.82) is 0 Å². The first-order valence-electron chi connectivity index (χ1n) is 5.41. The van der Waals surface area contributed by atoms with Gasteiger partial charge in [-0.2, -0.15) is 0 Å². The summed E-state index contributed by atoms with van der Waals surface area (Å²) in [5, 5.41) is 12.2. The summed E-state index contributed by atoms with van der Waals surface area (Å²) in [5.41, 5.74) is 0.748. The highest BCUT2D eigenvalue weighted by Crippen LogP contribution is 2.13. The Morgan fingerprint density at radius 1 is 1.50 bits per heavy atom. The topological polar surface area (TPSA) is 55.1 Å². The molecule has 1 fully saturated rings. The zero-order valence-corrected chi connectivity index (χ0v) is 9.48. The van der Waals surface area contributed by atoms with Gasteiger partial charge in [-0.3, -0.25) is 4.40 Å². The van der Waals surface area contributed by atoms with Crippen molar-refractivity contribution in [1.82, 2.24) is 24.9 Å². The van der Waals surface area contributed by atoms with Gasteiger partial charge in [-0.1, -0.05) is 11.6 Å². The summed E-state index contributed by atoms with van der Waals surface area (Å²) < 4.78 is 1.91. The summed E-state index contributed by atoms with van der Waals surface area (Å²) in [7, 11) is 0. The fourth-order valence-corrected chi connectivity index (χ4v) is 2.26. The van der Waals surface area contributed by atoms with Crippen molar-refractivity contribution < 1.29 is 0 Å². The molecule has 3 rings (SSSR count). The summed E-state index contributed by atoms with van der Waals surface area (Å²) in [6.07, 6.45) is 6.74. The molecule has 0 aliphatic carbocycles. The predicted molar refractivity (Wildman–Crippen MR) is 60.5 cm³/mol. The van der Waals surface area contributed by atoms with E-state index in [0.717, 1.165) is 24.4 Å². The number of hydrogen-bond donors (Lipinski definition) is 1. The van der Waals surface area contributed by atoms with Crippen LogP contribution in [0.4, 0.5) is 0 Å². The van der Waals surface area contributed by atoms with Gasteiger partial charge in [0.15, 0.2) is 5.65 Å². The lowest BCUT2D eigenvalue weighted by Gasteiger charge is -2.07. The molecule has 2 aromatic heterocycles. The molecule has 6 heteroatoms. The van der Waals surface area contributed by atoms with Crippen LogP contribution in [0.1, 0.15) is 18.7 Å². The molecule has 0 saturated carbocycles. The van der Waals surface area contributed by atoms with Crippen LogP contribution < -0.4 is 5.32 Å². The molecule has 0 bridgehead atoms. The van der Waals surface area contributed by atoms with E-state index in [4.69, 9.17) is 11.6 Å². The molecule has 16 heavy (non-hydrogen) atoms. The molecule has 1 aliphatic rings. The number of aromatic nitrogens is 4.